The van der Waals surface area contributed by atoms with Crippen LogP contribution in [-0.2, 0) is 16.1 Å². The molecule has 0 spiro atoms. The number of rotatable bonds is 5. The molecule has 1 aromatic rings. The van der Waals surface area contributed by atoms with Crippen molar-refractivity contribution in [1.29, 1.82) is 0 Å². The van der Waals surface area contributed by atoms with Crippen molar-refractivity contribution in [3.05, 3.63) is 22.4 Å². The zero-order chi connectivity index (χ0) is 13.0. The van der Waals surface area contributed by atoms with Crippen LogP contribution in [0.15, 0.2) is 17.5 Å². The molecule has 0 saturated heterocycles. The van der Waals surface area contributed by atoms with Crippen molar-refractivity contribution < 1.29 is 14.7 Å². The van der Waals surface area contributed by atoms with Gasteiger partial charge in [-0.25, -0.2) is 4.79 Å². The lowest BCUT2D eigenvalue weighted by molar-refractivity contribution is -0.152. The van der Waals surface area contributed by atoms with E-state index < -0.39 is 12.0 Å². The first kappa shape index (κ1) is 13.7. The van der Waals surface area contributed by atoms with Gasteiger partial charge in [-0.1, -0.05) is 19.9 Å². The molecule has 0 aromatic carbocycles. The van der Waals surface area contributed by atoms with Crippen molar-refractivity contribution in [1.82, 2.24) is 4.90 Å². The smallest absolute Gasteiger partial charge is 0.326 e. The number of thiophene rings is 1. The van der Waals surface area contributed by atoms with Gasteiger partial charge in [0.05, 0.1) is 6.54 Å². The third kappa shape index (κ3) is 3.56. The molecule has 0 aliphatic carbocycles. The van der Waals surface area contributed by atoms with Gasteiger partial charge in [0, 0.05) is 11.8 Å². The molecule has 17 heavy (non-hydrogen) atoms. The number of carboxylic acid groups (broad SMARTS) is 1. The highest BCUT2D eigenvalue weighted by atomic mass is 32.1. The molecular formula is C12H17NO3S. The molecule has 0 radical (unpaired) electrons. The van der Waals surface area contributed by atoms with E-state index in [9.17, 15) is 14.7 Å². The second-order valence-corrected chi connectivity index (χ2v) is 5.29. The lowest BCUT2D eigenvalue weighted by atomic mass is 10.0. The summed E-state index contributed by atoms with van der Waals surface area (Å²) < 4.78 is 0. The van der Waals surface area contributed by atoms with Crippen LogP contribution in [0.3, 0.4) is 0 Å². The molecule has 4 nitrogen and oxygen atoms in total. The number of carboxylic acids is 1. The van der Waals surface area contributed by atoms with E-state index in [2.05, 4.69) is 0 Å². The summed E-state index contributed by atoms with van der Waals surface area (Å²) in [6.45, 7) is 5.39. The first-order valence-corrected chi connectivity index (χ1v) is 6.33. The normalized spacial score (nSPS) is 12.5. The van der Waals surface area contributed by atoms with Gasteiger partial charge in [0.1, 0.15) is 6.04 Å². The summed E-state index contributed by atoms with van der Waals surface area (Å²) in [4.78, 5) is 25.2. The minimum atomic E-state index is -0.952. The van der Waals surface area contributed by atoms with Gasteiger partial charge in [0.15, 0.2) is 0 Å². The lowest BCUT2D eigenvalue weighted by Gasteiger charge is -2.30. The van der Waals surface area contributed by atoms with Crippen molar-refractivity contribution in [2.45, 2.75) is 33.4 Å². The van der Waals surface area contributed by atoms with E-state index in [0.29, 0.717) is 6.54 Å². The highest BCUT2D eigenvalue weighted by molar-refractivity contribution is 7.09. The summed E-state index contributed by atoms with van der Waals surface area (Å²) in [5.41, 5.74) is 0. The van der Waals surface area contributed by atoms with E-state index in [0.717, 1.165) is 4.88 Å². The van der Waals surface area contributed by atoms with Crippen LogP contribution < -0.4 is 0 Å². The van der Waals surface area contributed by atoms with Crippen LogP contribution in [0.25, 0.3) is 0 Å². The summed E-state index contributed by atoms with van der Waals surface area (Å²) in [7, 11) is 0. The van der Waals surface area contributed by atoms with Gasteiger partial charge in [0.2, 0.25) is 5.91 Å². The quantitative estimate of drug-likeness (QED) is 0.877. The highest BCUT2D eigenvalue weighted by Gasteiger charge is 2.30. The summed E-state index contributed by atoms with van der Waals surface area (Å²) >= 11 is 1.52. The molecule has 1 unspecified atom stereocenters. The largest absolute Gasteiger partial charge is 0.480 e. The number of aliphatic carboxylic acids is 1. The van der Waals surface area contributed by atoms with Crippen LogP contribution >= 0.6 is 11.3 Å². The Bertz CT molecular complexity index is 386. The molecule has 1 aromatic heterocycles. The number of hydrogen-bond donors (Lipinski definition) is 1. The van der Waals surface area contributed by atoms with Gasteiger partial charge in [0.25, 0.3) is 0 Å². The maximum absolute atomic E-state index is 11.6. The molecule has 1 N–H and O–H groups in total. The molecule has 0 bridgehead atoms. The monoisotopic (exact) mass is 255 g/mol. The van der Waals surface area contributed by atoms with E-state index >= 15 is 0 Å². The molecule has 1 amide bonds. The van der Waals surface area contributed by atoms with Crippen molar-refractivity contribution in [3.63, 3.8) is 0 Å². The second kappa shape index (κ2) is 5.82. The molecule has 0 aliphatic heterocycles. The molecule has 94 valence electrons. The van der Waals surface area contributed by atoms with E-state index in [1.54, 1.807) is 0 Å². The number of carbonyl (C=O) groups is 2. The van der Waals surface area contributed by atoms with Crippen molar-refractivity contribution in [2.75, 3.05) is 0 Å². The van der Waals surface area contributed by atoms with Crippen LogP contribution in [0.5, 0.6) is 0 Å². The predicted octanol–water partition coefficient (Wildman–Crippen LogP) is 2.21. The summed E-state index contributed by atoms with van der Waals surface area (Å²) in [5, 5.41) is 11.1. The zero-order valence-electron chi connectivity index (χ0n) is 10.2. The van der Waals surface area contributed by atoms with E-state index in [4.69, 9.17) is 0 Å². The SMILES string of the molecule is CC(=O)N(Cc1cccs1)C(C(=O)O)C(C)C. The minimum absolute atomic E-state index is 0.114. The molecule has 1 rings (SSSR count). The van der Waals surface area contributed by atoms with E-state index in [1.807, 2.05) is 31.4 Å². The average molecular weight is 255 g/mol. The van der Waals surface area contributed by atoms with Gasteiger partial charge in [-0.3, -0.25) is 4.79 Å². The van der Waals surface area contributed by atoms with Crippen LogP contribution in [0.2, 0.25) is 0 Å². The van der Waals surface area contributed by atoms with Crippen LogP contribution in [0.4, 0.5) is 0 Å². The van der Waals surface area contributed by atoms with E-state index in [1.165, 1.54) is 23.2 Å². The fourth-order valence-corrected chi connectivity index (χ4v) is 2.46. The van der Waals surface area contributed by atoms with Gasteiger partial charge >= 0.3 is 5.97 Å². The second-order valence-electron chi connectivity index (χ2n) is 4.25. The standard InChI is InChI=1S/C12H17NO3S/c1-8(2)11(12(15)16)13(9(3)14)7-10-5-4-6-17-10/h4-6,8,11H,7H2,1-3H3,(H,15,16). The average Bonchev–Trinajstić information content (AvgIpc) is 2.67. The Balaban J connectivity index is 2.91. The Morgan fingerprint density at radius 1 is 1.47 bits per heavy atom. The molecule has 0 aliphatic rings. The van der Waals surface area contributed by atoms with Gasteiger partial charge < -0.3 is 10.0 Å². The summed E-state index contributed by atoms with van der Waals surface area (Å²) in [6.07, 6.45) is 0. The van der Waals surface area contributed by atoms with Gasteiger partial charge in [-0.15, -0.1) is 11.3 Å². The number of hydrogen-bond acceptors (Lipinski definition) is 3. The maximum atomic E-state index is 11.6. The van der Waals surface area contributed by atoms with Crippen molar-refractivity contribution >= 4 is 23.2 Å². The van der Waals surface area contributed by atoms with Crippen LogP contribution in [0.1, 0.15) is 25.6 Å². The third-order valence-electron chi connectivity index (χ3n) is 2.53. The number of carbonyl (C=O) groups excluding carboxylic acids is 1. The maximum Gasteiger partial charge on any atom is 0.326 e. The molecule has 1 atom stereocenters. The predicted molar refractivity (Wildman–Crippen MR) is 66.8 cm³/mol. The molecule has 1 heterocycles. The Labute approximate surface area is 105 Å². The summed E-state index contributed by atoms with van der Waals surface area (Å²) in [6, 6.07) is 3.03. The Kier molecular flexibility index (Phi) is 4.69. The van der Waals surface area contributed by atoms with E-state index in [-0.39, 0.29) is 11.8 Å². The van der Waals surface area contributed by atoms with Crippen LogP contribution in [0, 0.1) is 5.92 Å². The first-order chi connectivity index (χ1) is 7.93. The molecule has 5 heteroatoms. The van der Waals surface area contributed by atoms with Gasteiger partial charge in [-0.05, 0) is 17.4 Å². The molecular weight excluding hydrogens is 238 g/mol. The number of amides is 1. The van der Waals surface area contributed by atoms with Gasteiger partial charge in [-0.2, -0.15) is 0 Å². The Morgan fingerprint density at radius 2 is 2.12 bits per heavy atom. The van der Waals surface area contributed by atoms with Crippen molar-refractivity contribution in [2.24, 2.45) is 5.92 Å². The van der Waals surface area contributed by atoms with Crippen LogP contribution in [-0.4, -0.2) is 27.9 Å². The molecule has 0 fully saturated rings. The number of nitrogens with zero attached hydrogens (tertiary/aromatic N) is 1. The van der Waals surface area contributed by atoms with Crippen molar-refractivity contribution in [3.8, 4) is 0 Å². The fraction of sp³-hybridized carbons (Fsp3) is 0.500. The Hall–Kier alpha value is -1.36. The summed E-state index contributed by atoms with van der Waals surface area (Å²) in [5.74, 6) is -1.28. The molecule has 0 saturated carbocycles. The minimum Gasteiger partial charge on any atom is -0.480 e. The first-order valence-electron chi connectivity index (χ1n) is 5.46. The fourth-order valence-electron chi connectivity index (χ4n) is 1.75. The highest BCUT2D eigenvalue weighted by Crippen LogP contribution is 2.18. The lowest BCUT2D eigenvalue weighted by Crippen LogP contribution is -2.46. The zero-order valence-corrected chi connectivity index (χ0v) is 11.0. The third-order valence-corrected chi connectivity index (χ3v) is 3.39. The Morgan fingerprint density at radius 3 is 2.47 bits per heavy atom. The topological polar surface area (TPSA) is 57.6 Å².